The number of allylic oxidation sites excluding steroid dienone is 1. The molecule has 0 atom stereocenters. The van der Waals surface area contributed by atoms with Crippen molar-refractivity contribution >= 4 is 32.8 Å². The molecule has 1 heterocycles. The Hall–Kier alpha value is -2.64. The zero-order valence-electron chi connectivity index (χ0n) is 12.4. The topological polar surface area (TPSA) is 48.7 Å². The highest BCUT2D eigenvalue weighted by Gasteiger charge is 2.08. The largest absolute Gasteiger partial charge is 0.360 e. The predicted octanol–water partition coefficient (Wildman–Crippen LogP) is 4.89. The Morgan fingerprint density at radius 1 is 1.18 bits per heavy atom. The molecule has 1 N–H and O–H groups in total. The summed E-state index contributed by atoms with van der Waals surface area (Å²) in [6.45, 7) is 4.15. The van der Waals surface area contributed by atoms with Crippen molar-refractivity contribution in [2.45, 2.75) is 13.8 Å². The van der Waals surface area contributed by atoms with E-state index in [0.717, 1.165) is 20.9 Å². The maximum absolute atomic E-state index is 9.39. The number of anilines is 1. The Morgan fingerprint density at radius 3 is 2.73 bits per heavy atom. The van der Waals surface area contributed by atoms with Gasteiger partial charge in [0.1, 0.15) is 16.6 Å². The van der Waals surface area contributed by atoms with Gasteiger partial charge >= 0.3 is 0 Å². The molecule has 4 heteroatoms. The fourth-order valence-electron chi connectivity index (χ4n) is 2.12. The lowest BCUT2D eigenvalue weighted by Crippen LogP contribution is -1.92. The summed E-state index contributed by atoms with van der Waals surface area (Å²) in [5, 5.41) is 13.3. The average molecular weight is 305 g/mol. The van der Waals surface area contributed by atoms with Gasteiger partial charge in [0, 0.05) is 11.9 Å². The predicted molar refractivity (Wildman–Crippen MR) is 92.7 cm³/mol. The van der Waals surface area contributed by atoms with Gasteiger partial charge in [-0.3, -0.25) is 0 Å². The Balaban J connectivity index is 1.90. The van der Waals surface area contributed by atoms with Gasteiger partial charge in [-0.15, -0.1) is 11.3 Å². The second-order valence-electron chi connectivity index (χ2n) is 5.10. The molecule has 0 aliphatic heterocycles. The highest BCUT2D eigenvalue weighted by atomic mass is 32.1. The molecule has 0 saturated heterocycles. The first kappa shape index (κ1) is 14.3. The third kappa shape index (κ3) is 2.85. The summed E-state index contributed by atoms with van der Waals surface area (Å²) in [7, 11) is 0. The number of nitrogens with zero attached hydrogens (tertiary/aromatic N) is 2. The third-order valence-corrected chi connectivity index (χ3v) is 4.60. The van der Waals surface area contributed by atoms with E-state index in [-0.39, 0.29) is 0 Å². The number of hydrogen-bond donors (Lipinski definition) is 1. The van der Waals surface area contributed by atoms with Crippen LogP contribution in [0.2, 0.25) is 0 Å². The molecule has 0 aliphatic carbocycles. The minimum atomic E-state index is 0.541. The molecule has 1 aromatic heterocycles. The van der Waals surface area contributed by atoms with Crippen LogP contribution in [0.25, 0.3) is 15.8 Å². The van der Waals surface area contributed by atoms with Crippen LogP contribution < -0.4 is 5.32 Å². The zero-order chi connectivity index (χ0) is 15.5. The monoisotopic (exact) mass is 305 g/mol. The van der Waals surface area contributed by atoms with Crippen molar-refractivity contribution in [3.05, 3.63) is 64.8 Å². The molecule has 3 aromatic rings. The minimum Gasteiger partial charge on any atom is -0.360 e. The van der Waals surface area contributed by atoms with Crippen LogP contribution in [0.1, 0.15) is 16.1 Å². The van der Waals surface area contributed by atoms with Gasteiger partial charge in [-0.1, -0.05) is 18.2 Å². The number of nitrogens with one attached hydrogen (secondary N) is 1. The zero-order valence-corrected chi connectivity index (χ0v) is 13.2. The van der Waals surface area contributed by atoms with Gasteiger partial charge in [0.05, 0.1) is 10.2 Å². The number of aromatic nitrogens is 1. The Labute approximate surface area is 133 Å². The van der Waals surface area contributed by atoms with Gasteiger partial charge < -0.3 is 5.32 Å². The normalized spacial score (nSPS) is 11.4. The molecule has 0 amide bonds. The maximum Gasteiger partial charge on any atom is 0.136 e. The van der Waals surface area contributed by atoms with Gasteiger partial charge in [0.2, 0.25) is 0 Å². The second-order valence-corrected chi connectivity index (χ2v) is 6.13. The van der Waals surface area contributed by atoms with Crippen molar-refractivity contribution in [3.8, 4) is 6.07 Å². The van der Waals surface area contributed by atoms with Crippen LogP contribution in [0, 0.1) is 25.2 Å². The van der Waals surface area contributed by atoms with E-state index < -0.39 is 0 Å². The van der Waals surface area contributed by atoms with E-state index in [1.165, 1.54) is 22.5 Å². The molecule has 22 heavy (non-hydrogen) atoms. The van der Waals surface area contributed by atoms with Crippen LogP contribution in [0.15, 0.2) is 48.7 Å². The van der Waals surface area contributed by atoms with Gasteiger partial charge in [-0.05, 0) is 49.2 Å². The molecule has 0 unspecified atom stereocenters. The van der Waals surface area contributed by atoms with Gasteiger partial charge in [-0.2, -0.15) is 5.26 Å². The summed E-state index contributed by atoms with van der Waals surface area (Å²) in [5.74, 6) is 0. The average Bonchev–Trinajstić information content (AvgIpc) is 2.95. The molecule has 3 rings (SSSR count). The Bertz CT molecular complexity index is 867. The number of hydrogen-bond acceptors (Lipinski definition) is 4. The summed E-state index contributed by atoms with van der Waals surface area (Å²) >= 11 is 1.53. The van der Waals surface area contributed by atoms with Crippen molar-refractivity contribution < 1.29 is 0 Å². The molecule has 2 aromatic carbocycles. The molecular weight excluding hydrogens is 290 g/mol. The second kappa shape index (κ2) is 6.00. The van der Waals surface area contributed by atoms with Crippen LogP contribution in [-0.2, 0) is 0 Å². The first-order chi connectivity index (χ1) is 10.7. The Kier molecular flexibility index (Phi) is 3.90. The molecule has 3 nitrogen and oxygen atoms in total. The summed E-state index contributed by atoms with van der Waals surface area (Å²) in [6.07, 6.45) is 1.72. The maximum atomic E-state index is 9.39. The highest BCUT2D eigenvalue weighted by Crippen LogP contribution is 2.26. The van der Waals surface area contributed by atoms with Crippen LogP contribution in [0.3, 0.4) is 0 Å². The van der Waals surface area contributed by atoms with E-state index in [1.54, 1.807) is 6.20 Å². The van der Waals surface area contributed by atoms with Crippen LogP contribution in [-0.4, -0.2) is 4.98 Å². The van der Waals surface area contributed by atoms with E-state index >= 15 is 0 Å². The summed E-state index contributed by atoms with van der Waals surface area (Å²) in [4.78, 5) is 4.52. The van der Waals surface area contributed by atoms with E-state index in [4.69, 9.17) is 0 Å². The molecular formula is C18H15N3S. The number of benzene rings is 2. The van der Waals surface area contributed by atoms with Crippen LogP contribution in [0.4, 0.5) is 5.69 Å². The number of aryl methyl sites for hydroxylation is 2. The van der Waals surface area contributed by atoms with E-state index in [2.05, 4.69) is 42.4 Å². The van der Waals surface area contributed by atoms with Gasteiger partial charge in [0.15, 0.2) is 0 Å². The Morgan fingerprint density at radius 2 is 2.00 bits per heavy atom. The summed E-state index contributed by atoms with van der Waals surface area (Å²) < 4.78 is 1.09. The van der Waals surface area contributed by atoms with E-state index in [9.17, 15) is 5.26 Å². The van der Waals surface area contributed by atoms with Crippen molar-refractivity contribution in [2.75, 3.05) is 5.32 Å². The molecule has 0 bridgehead atoms. The fraction of sp³-hybridized carbons (Fsp3) is 0.111. The van der Waals surface area contributed by atoms with Crippen LogP contribution >= 0.6 is 11.3 Å². The number of thiazole rings is 1. The van der Waals surface area contributed by atoms with E-state index in [0.29, 0.717) is 5.57 Å². The lowest BCUT2D eigenvalue weighted by Gasteiger charge is -2.05. The van der Waals surface area contributed by atoms with Crippen molar-refractivity contribution in [3.63, 3.8) is 0 Å². The summed E-state index contributed by atoms with van der Waals surface area (Å²) in [6, 6.07) is 16.3. The molecule has 0 spiro atoms. The molecule has 108 valence electrons. The molecule has 0 aliphatic rings. The number of rotatable bonds is 3. The summed E-state index contributed by atoms with van der Waals surface area (Å²) in [5.41, 5.74) is 4.91. The van der Waals surface area contributed by atoms with Gasteiger partial charge in [-0.25, -0.2) is 4.98 Å². The number of fused-ring (bicyclic) bond motifs is 1. The van der Waals surface area contributed by atoms with Gasteiger partial charge in [0.25, 0.3) is 0 Å². The fourth-order valence-corrected chi connectivity index (χ4v) is 3.05. The molecule has 0 fully saturated rings. The minimum absolute atomic E-state index is 0.541. The van der Waals surface area contributed by atoms with Crippen molar-refractivity contribution in [2.24, 2.45) is 0 Å². The van der Waals surface area contributed by atoms with E-state index in [1.807, 2.05) is 30.3 Å². The molecule has 0 saturated carbocycles. The molecule has 0 radical (unpaired) electrons. The number of para-hydroxylation sites is 1. The van der Waals surface area contributed by atoms with Crippen LogP contribution in [0.5, 0.6) is 0 Å². The lowest BCUT2D eigenvalue weighted by molar-refractivity contribution is 1.34. The quantitative estimate of drug-likeness (QED) is 0.701. The number of nitriles is 1. The first-order valence-corrected chi connectivity index (χ1v) is 7.79. The first-order valence-electron chi connectivity index (χ1n) is 6.97. The SMILES string of the molecule is Cc1ccc(N/C=C(/C#N)c2nc3ccccc3s2)cc1C. The smallest absolute Gasteiger partial charge is 0.136 e. The standard InChI is InChI=1S/C18H15N3S/c1-12-7-8-15(9-13(12)2)20-11-14(10-19)18-21-16-5-3-4-6-17(16)22-18/h3-9,11,20H,1-2H3/b14-11-. The lowest BCUT2D eigenvalue weighted by atomic mass is 10.1. The highest BCUT2D eigenvalue weighted by molar-refractivity contribution is 7.19. The van der Waals surface area contributed by atoms with Crippen molar-refractivity contribution in [1.29, 1.82) is 5.26 Å². The third-order valence-electron chi connectivity index (χ3n) is 3.53. The van der Waals surface area contributed by atoms with Crippen molar-refractivity contribution in [1.82, 2.24) is 4.98 Å².